The quantitative estimate of drug-likeness (QED) is 0.159. The van der Waals surface area contributed by atoms with E-state index in [0.29, 0.717) is 0 Å². The third-order valence-corrected chi connectivity index (χ3v) is 7.67. The summed E-state index contributed by atoms with van der Waals surface area (Å²) >= 11 is 0. The zero-order valence-corrected chi connectivity index (χ0v) is 21.6. The summed E-state index contributed by atoms with van der Waals surface area (Å²) in [6, 6.07) is 10.8. The number of hydrogen-bond donors (Lipinski definition) is 10. The summed E-state index contributed by atoms with van der Waals surface area (Å²) in [5.41, 5.74) is 0.435. The van der Waals surface area contributed by atoms with Gasteiger partial charge in [-0.15, -0.1) is 0 Å². The number of aromatic hydroxyl groups is 8. The van der Waals surface area contributed by atoms with E-state index < -0.39 is 70.6 Å². The maximum atomic E-state index is 11.8. The Kier molecular flexibility index (Phi) is 6.24. The van der Waals surface area contributed by atoms with E-state index in [9.17, 15) is 51.1 Å². The number of hydrogen-bond acceptors (Lipinski definition) is 12. The first-order valence-corrected chi connectivity index (χ1v) is 12.8. The number of rotatable bonds is 3. The van der Waals surface area contributed by atoms with Crippen LogP contribution in [-0.2, 0) is 6.42 Å². The lowest BCUT2D eigenvalue weighted by atomic mass is 9.77. The van der Waals surface area contributed by atoms with Crippen LogP contribution in [0.15, 0.2) is 54.6 Å². The number of ether oxygens (including phenoxy) is 2. The zero-order valence-electron chi connectivity index (χ0n) is 21.6. The van der Waals surface area contributed by atoms with Crippen molar-refractivity contribution in [3.05, 3.63) is 82.4 Å². The van der Waals surface area contributed by atoms with Gasteiger partial charge in [-0.25, -0.2) is 0 Å². The van der Waals surface area contributed by atoms with Crippen molar-refractivity contribution in [2.45, 2.75) is 36.8 Å². The topological polar surface area (TPSA) is 221 Å². The Hall–Kier alpha value is -5.20. The first kappa shape index (κ1) is 27.0. The minimum Gasteiger partial charge on any atom is -0.508 e. The second kappa shape index (κ2) is 9.72. The Bertz CT molecular complexity index is 1720. The lowest BCUT2D eigenvalue weighted by Crippen LogP contribution is -2.36. The van der Waals surface area contributed by atoms with Gasteiger partial charge in [-0.2, -0.15) is 0 Å². The molecule has 5 atom stereocenters. The van der Waals surface area contributed by atoms with Gasteiger partial charge in [0, 0.05) is 41.3 Å². The van der Waals surface area contributed by atoms with Crippen molar-refractivity contribution in [2.75, 3.05) is 0 Å². The third kappa shape index (κ3) is 4.24. The predicted octanol–water partition coefficient (Wildman–Crippen LogP) is 3.00. The number of phenols is 8. The van der Waals surface area contributed by atoms with Gasteiger partial charge in [-0.05, 0) is 35.4 Å². The van der Waals surface area contributed by atoms with Crippen molar-refractivity contribution in [1.82, 2.24) is 0 Å². The Morgan fingerprint density at radius 1 is 0.548 bits per heavy atom. The van der Waals surface area contributed by atoms with Gasteiger partial charge in [-0.1, -0.05) is 12.1 Å². The second-order valence-electron chi connectivity index (χ2n) is 10.3. The van der Waals surface area contributed by atoms with Crippen molar-refractivity contribution >= 4 is 0 Å². The molecule has 4 aromatic rings. The fourth-order valence-corrected chi connectivity index (χ4v) is 5.71. The van der Waals surface area contributed by atoms with E-state index in [1.165, 1.54) is 42.5 Å². The molecule has 0 spiro atoms. The van der Waals surface area contributed by atoms with E-state index in [0.717, 1.165) is 12.1 Å². The Balaban J connectivity index is 1.55. The summed E-state index contributed by atoms with van der Waals surface area (Å²) in [4.78, 5) is 0. The molecule has 12 nitrogen and oxygen atoms in total. The fourth-order valence-electron chi connectivity index (χ4n) is 5.71. The van der Waals surface area contributed by atoms with Gasteiger partial charge in [0.05, 0.1) is 12.0 Å². The average molecular weight is 579 g/mol. The van der Waals surface area contributed by atoms with Crippen LogP contribution in [0.1, 0.15) is 45.9 Å². The van der Waals surface area contributed by atoms with Crippen LogP contribution in [0.2, 0.25) is 0 Å². The highest BCUT2D eigenvalue weighted by Gasteiger charge is 2.46. The van der Waals surface area contributed by atoms with E-state index in [1.807, 2.05) is 0 Å². The average Bonchev–Trinajstić information content (AvgIpc) is 2.93. The lowest BCUT2D eigenvalue weighted by molar-refractivity contribution is 0.00115. The molecule has 218 valence electrons. The molecule has 2 aliphatic heterocycles. The van der Waals surface area contributed by atoms with Crippen molar-refractivity contribution in [3.63, 3.8) is 0 Å². The highest BCUT2D eigenvalue weighted by Crippen LogP contribution is 2.57. The molecule has 0 fully saturated rings. The van der Waals surface area contributed by atoms with Crippen LogP contribution in [0.25, 0.3) is 0 Å². The molecule has 2 heterocycles. The summed E-state index contributed by atoms with van der Waals surface area (Å²) in [5, 5.41) is 105. The van der Waals surface area contributed by atoms with E-state index in [4.69, 9.17) is 9.47 Å². The van der Waals surface area contributed by atoms with Crippen molar-refractivity contribution in [1.29, 1.82) is 0 Å². The molecular formula is C30H26O12. The minimum absolute atomic E-state index is 0.0312. The lowest BCUT2D eigenvalue weighted by Gasteiger charge is -2.40. The van der Waals surface area contributed by atoms with Gasteiger partial charge in [0.15, 0.2) is 29.1 Å². The molecular weight excluding hydrogens is 552 g/mol. The van der Waals surface area contributed by atoms with Crippen LogP contribution in [0, 0.1) is 0 Å². The monoisotopic (exact) mass is 578 g/mol. The highest BCUT2D eigenvalue weighted by atomic mass is 16.5. The molecule has 0 saturated heterocycles. The molecule has 42 heavy (non-hydrogen) atoms. The fraction of sp³-hybridized carbons (Fsp3) is 0.200. The van der Waals surface area contributed by atoms with E-state index in [2.05, 4.69) is 0 Å². The van der Waals surface area contributed by atoms with Crippen LogP contribution in [-0.4, -0.2) is 63.3 Å². The predicted molar refractivity (Wildman–Crippen MR) is 143 cm³/mol. The van der Waals surface area contributed by atoms with E-state index in [-0.39, 0.29) is 51.5 Å². The Morgan fingerprint density at radius 2 is 1.14 bits per heavy atom. The molecule has 0 aliphatic carbocycles. The van der Waals surface area contributed by atoms with Gasteiger partial charge < -0.3 is 60.5 Å². The van der Waals surface area contributed by atoms with Crippen LogP contribution in [0.5, 0.6) is 57.5 Å². The van der Waals surface area contributed by atoms with Crippen LogP contribution in [0.3, 0.4) is 0 Å². The molecule has 0 aromatic heterocycles. The van der Waals surface area contributed by atoms with Gasteiger partial charge >= 0.3 is 0 Å². The summed E-state index contributed by atoms with van der Waals surface area (Å²) < 4.78 is 12.1. The number of aliphatic hydroxyl groups is 2. The van der Waals surface area contributed by atoms with Crippen molar-refractivity contribution < 1.29 is 60.5 Å². The molecule has 6 rings (SSSR count). The summed E-state index contributed by atoms with van der Waals surface area (Å²) in [5.74, 6) is -5.08. The number of phenolic OH excluding ortho intramolecular Hbond substituents is 8. The smallest absolute Gasteiger partial charge is 0.157 e. The molecule has 0 amide bonds. The zero-order chi connectivity index (χ0) is 30.0. The molecule has 12 heteroatoms. The molecule has 0 saturated carbocycles. The summed E-state index contributed by atoms with van der Waals surface area (Å²) in [6.45, 7) is 0. The van der Waals surface area contributed by atoms with Crippen molar-refractivity contribution in [2.24, 2.45) is 0 Å². The van der Waals surface area contributed by atoms with Crippen LogP contribution < -0.4 is 9.47 Å². The molecule has 0 bridgehead atoms. The van der Waals surface area contributed by atoms with Gasteiger partial charge in [-0.3, -0.25) is 0 Å². The van der Waals surface area contributed by atoms with Gasteiger partial charge in [0.25, 0.3) is 0 Å². The molecule has 10 N–H and O–H groups in total. The normalized spacial score (nSPS) is 22.9. The SMILES string of the molecule is Oc1cc(O)c2c(c1)O[C@H](c1ccc(O)c(O)c1)[C@@H](O)[C@@H]2c1c(O)cc(O)c2c1O[C@H](c1ccc(O)c(O)c1)[C@@H](O)C2. The molecule has 0 unspecified atom stereocenters. The summed E-state index contributed by atoms with van der Waals surface area (Å²) in [7, 11) is 0. The minimum atomic E-state index is -1.59. The second-order valence-corrected chi connectivity index (χ2v) is 10.3. The molecule has 0 radical (unpaired) electrons. The molecule has 4 aromatic carbocycles. The Morgan fingerprint density at radius 3 is 1.76 bits per heavy atom. The summed E-state index contributed by atoms with van der Waals surface area (Å²) in [6.07, 6.45) is -5.43. The standard InChI is InChI=1S/C30H26O12/c31-13-7-20(37)24-23(8-13)41-29(12-2-4-16(33)19(36)6-12)27(40)26(24)25-21(38)10-17(34)14-9-22(39)28(42-30(14)25)11-1-3-15(32)18(35)5-11/h1-8,10,22,26-29,31-40H,9H2/t22-,26-,27-,28+,29+/m0/s1. The first-order chi connectivity index (χ1) is 19.9. The number of aliphatic hydroxyl groups excluding tert-OH is 2. The Labute approximate surface area is 237 Å². The van der Waals surface area contributed by atoms with E-state index >= 15 is 0 Å². The largest absolute Gasteiger partial charge is 0.508 e. The number of fused-ring (bicyclic) bond motifs is 2. The molecule has 2 aliphatic rings. The third-order valence-electron chi connectivity index (χ3n) is 7.67. The number of benzene rings is 4. The first-order valence-electron chi connectivity index (χ1n) is 12.8. The van der Waals surface area contributed by atoms with Gasteiger partial charge in [0.2, 0.25) is 0 Å². The van der Waals surface area contributed by atoms with Gasteiger partial charge in [0.1, 0.15) is 46.7 Å². The highest BCUT2D eigenvalue weighted by molar-refractivity contribution is 5.65. The van der Waals surface area contributed by atoms with Crippen LogP contribution >= 0.6 is 0 Å². The maximum Gasteiger partial charge on any atom is 0.157 e. The maximum absolute atomic E-state index is 11.8. The van der Waals surface area contributed by atoms with Crippen LogP contribution in [0.4, 0.5) is 0 Å². The van der Waals surface area contributed by atoms with Crippen molar-refractivity contribution in [3.8, 4) is 57.5 Å². The van der Waals surface area contributed by atoms with E-state index in [1.54, 1.807) is 0 Å².